The van der Waals surface area contributed by atoms with Crippen molar-refractivity contribution in [2.24, 2.45) is 0 Å². The van der Waals surface area contributed by atoms with E-state index in [1.165, 1.54) is 5.01 Å². The van der Waals surface area contributed by atoms with Gasteiger partial charge in [0.05, 0.1) is 11.1 Å². The first-order chi connectivity index (χ1) is 9.25. The molecule has 0 atom stereocenters. The molecule has 2 heterocycles. The number of hydrogen-bond donors (Lipinski definition) is 1. The second-order valence-electron chi connectivity index (χ2n) is 4.47. The predicted octanol–water partition coefficient (Wildman–Crippen LogP) is 1.50. The molecule has 5 nitrogen and oxygen atoms in total. The minimum absolute atomic E-state index is 0.0402. The molecule has 0 spiro atoms. The van der Waals surface area contributed by atoms with Crippen LogP contribution in [0.5, 0.6) is 0 Å². The van der Waals surface area contributed by atoms with E-state index in [0.29, 0.717) is 24.0 Å². The van der Waals surface area contributed by atoms with Crippen LogP contribution in [0.15, 0.2) is 36.5 Å². The van der Waals surface area contributed by atoms with E-state index >= 15 is 0 Å². The molecule has 1 aromatic heterocycles. The van der Waals surface area contributed by atoms with Crippen molar-refractivity contribution in [2.45, 2.75) is 12.8 Å². The summed E-state index contributed by atoms with van der Waals surface area (Å²) in [6.45, 7) is 0.572. The van der Waals surface area contributed by atoms with Crippen molar-refractivity contribution in [3.63, 3.8) is 0 Å². The number of nitrogens with one attached hydrogen (secondary N) is 1. The van der Waals surface area contributed by atoms with Gasteiger partial charge >= 0.3 is 0 Å². The van der Waals surface area contributed by atoms with Gasteiger partial charge in [-0.1, -0.05) is 18.2 Å². The molecule has 96 valence electrons. The Labute approximate surface area is 110 Å². The number of aromatic nitrogens is 1. The van der Waals surface area contributed by atoms with Gasteiger partial charge in [0.15, 0.2) is 0 Å². The van der Waals surface area contributed by atoms with Crippen LogP contribution in [-0.4, -0.2) is 28.4 Å². The highest BCUT2D eigenvalue weighted by Gasteiger charge is 2.23. The van der Waals surface area contributed by atoms with E-state index in [2.05, 4.69) is 10.4 Å². The minimum Gasteiger partial charge on any atom is -0.273 e. The summed E-state index contributed by atoms with van der Waals surface area (Å²) in [6, 6.07) is 9.16. The zero-order valence-corrected chi connectivity index (χ0v) is 10.3. The third-order valence-corrected chi connectivity index (χ3v) is 3.19. The van der Waals surface area contributed by atoms with Crippen LogP contribution in [0, 0.1) is 0 Å². The van der Waals surface area contributed by atoms with E-state index in [1.54, 1.807) is 12.3 Å². The maximum atomic E-state index is 12.2. The molecule has 1 aliphatic rings. The smallest absolute Gasteiger partial charge is 0.272 e. The summed E-state index contributed by atoms with van der Waals surface area (Å²) in [5.41, 5.74) is 3.77. The molecule has 0 bridgehead atoms. The molecule has 1 fully saturated rings. The fourth-order valence-corrected chi connectivity index (χ4v) is 2.24. The van der Waals surface area contributed by atoms with Gasteiger partial charge in [-0.25, -0.2) is 0 Å². The van der Waals surface area contributed by atoms with Crippen LogP contribution in [-0.2, 0) is 4.79 Å². The average molecular weight is 255 g/mol. The molecule has 1 N–H and O–H groups in total. The molecule has 1 saturated heterocycles. The standard InChI is InChI=1S/C14H13N3O2/c18-12-7-3-9-17(12)16-14(19)11-6-1-4-10-5-2-8-15-13(10)11/h1-2,4-6,8H,3,7,9H2,(H,16,19). The summed E-state index contributed by atoms with van der Waals surface area (Å²) < 4.78 is 0. The van der Waals surface area contributed by atoms with Gasteiger partial charge in [0.25, 0.3) is 5.91 Å². The van der Waals surface area contributed by atoms with Crippen LogP contribution >= 0.6 is 0 Å². The van der Waals surface area contributed by atoms with Gasteiger partial charge in [-0.15, -0.1) is 0 Å². The van der Waals surface area contributed by atoms with E-state index in [9.17, 15) is 9.59 Å². The lowest BCUT2D eigenvalue weighted by molar-refractivity contribution is -0.129. The Bertz CT molecular complexity index is 649. The monoisotopic (exact) mass is 255 g/mol. The summed E-state index contributed by atoms with van der Waals surface area (Å²) in [4.78, 5) is 27.9. The van der Waals surface area contributed by atoms with Gasteiger partial charge < -0.3 is 0 Å². The minimum atomic E-state index is -0.292. The summed E-state index contributed by atoms with van der Waals surface area (Å²) in [7, 11) is 0. The van der Waals surface area contributed by atoms with Crippen molar-refractivity contribution in [2.75, 3.05) is 6.54 Å². The molecular weight excluding hydrogens is 242 g/mol. The molecule has 0 unspecified atom stereocenters. The molecule has 1 aromatic carbocycles. The lowest BCUT2D eigenvalue weighted by atomic mass is 10.1. The van der Waals surface area contributed by atoms with E-state index in [0.717, 1.165) is 11.8 Å². The molecule has 5 heteroatoms. The highest BCUT2D eigenvalue weighted by molar-refractivity contribution is 6.05. The number of pyridine rings is 1. The highest BCUT2D eigenvalue weighted by Crippen LogP contribution is 2.16. The van der Waals surface area contributed by atoms with Gasteiger partial charge in [-0.05, 0) is 18.6 Å². The van der Waals surface area contributed by atoms with Crippen LogP contribution in [0.3, 0.4) is 0 Å². The molecule has 2 aromatic rings. The number of nitrogens with zero attached hydrogens (tertiary/aromatic N) is 2. The Morgan fingerprint density at radius 3 is 2.89 bits per heavy atom. The second kappa shape index (κ2) is 4.68. The summed E-state index contributed by atoms with van der Waals surface area (Å²) in [5.74, 6) is -0.332. The Hall–Kier alpha value is -2.43. The Morgan fingerprint density at radius 2 is 2.11 bits per heavy atom. The van der Waals surface area contributed by atoms with Crippen molar-refractivity contribution in [1.82, 2.24) is 15.4 Å². The van der Waals surface area contributed by atoms with Gasteiger partial charge in [-0.3, -0.25) is 25.0 Å². The van der Waals surface area contributed by atoms with E-state index < -0.39 is 0 Å². The van der Waals surface area contributed by atoms with Crippen molar-refractivity contribution >= 4 is 22.7 Å². The second-order valence-corrected chi connectivity index (χ2v) is 4.47. The van der Waals surface area contributed by atoms with Crippen molar-refractivity contribution in [1.29, 1.82) is 0 Å². The fraction of sp³-hybridized carbons (Fsp3) is 0.214. The van der Waals surface area contributed by atoms with Crippen LogP contribution in [0.4, 0.5) is 0 Å². The molecule has 2 amide bonds. The third kappa shape index (κ3) is 2.14. The Kier molecular flexibility index (Phi) is 2.87. The van der Waals surface area contributed by atoms with Gasteiger partial charge in [0.2, 0.25) is 5.91 Å². The largest absolute Gasteiger partial charge is 0.273 e. The van der Waals surface area contributed by atoms with Gasteiger partial charge in [-0.2, -0.15) is 0 Å². The number of rotatable bonds is 2. The number of carbonyl (C=O) groups is 2. The van der Waals surface area contributed by atoms with E-state index in [-0.39, 0.29) is 11.8 Å². The van der Waals surface area contributed by atoms with Crippen molar-refractivity contribution < 1.29 is 9.59 Å². The topological polar surface area (TPSA) is 62.3 Å². The first-order valence-electron chi connectivity index (χ1n) is 6.21. The molecule has 1 aliphatic heterocycles. The zero-order valence-electron chi connectivity index (χ0n) is 10.3. The fourth-order valence-electron chi connectivity index (χ4n) is 2.24. The Morgan fingerprint density at radius 1 is 1.26 bits per heavy atom. The van der Waals surface area contributed by atoms with Crippen molar-refractivity contribution in [3.8, 4) is 0 Å². The normalized spacial score (nSPS) is 14.9. The maximum absolute atomic E-state index is 12.2. The number of hydrazine groups is 1. The quantitative estimate of drug-likeness (QED) is 0.884. The number of fused-ring (bicyclic) bond motifs is 1. The zero-order chi connectivity index (χ0) is 13.2. The lowest BCUT2D eigenvalue weighted by Crippen LogP contribution is -2.42. The molecular formula is C14H13N3O2. The lowest BCUT2D eigenvalue weighted by Gasteiger charge is -2.17. The molecule has 0 aliphatic carbocycles. The predicted molar refractivity (Wildman–Crippen MR) is 70.2 cm³/mol. The average Bonchev–Trinajstić information content (AvgIpc) is 2.83. The number of benzene rings is 1. The molecule has 0 saturated carbocycles. The molecule has 0 radical (unpaired) electrons. The number of carbonyl (C=O) groups excluding carboxylic acids is 2. The summed E-state index contributed by atoms with van der Waals surface area (Å²) in [6.07, 6.45) is 2.93. The first-order valence-corrected chi connectivity index (χ1v) is 6.21. The number of hydrogen-bond acceptors (Lipinski definition) is 3. The summed E-state index contributed by atoms with van der Waals surface area (Å²) >= 11 is 0. The highest BCUT2D eigenvalue weighted by atomic mass is 16.2. The SMILES string of the molecule is O=C(NN1CCCC1=O)c1cccc2cccnc12. The Balaban J connectivity index is 1.91. The first kappa shape index (κ1) is 11.6. The van der Waals surface area contributed by atoms with Crippen LogP contribution in [0.1, 0.15) is 23.2 Å². The third-order valence-electron chi connectivity index (χ3n) is 3.19. The number of para-hydroxylation sites is 1. The van der Waals surface area contributed by atoms with Gasteiger partial charge in [0.1, 0.15) is 0 Å². The van der Waals surface area contributed by atoms with E-state index in [1.807, 2.05) is 24.3 Å². The van der Waals surface area contributed by atoms with Crippen LogP contribution in [0.2, 0.25) is 0 Å². The molecule has 19 heavy (non-hydrogen) atoms. The molecule has 3 rings (SSSR count). The van der Waals surface area contributed by atoms with E-state index in [4.69, 9.17) is 0 Å². The van der Waals surface area contributed by atoms with Crippen LogP contribution < -0.4 is 5.43 Å². The van der Waals surface area contributed by atoms with Crippen LogP contribution in [0.25, 0.3) is 10.9 Å². The van der Waals surface area contributed by atoms with Gasteiger partial charge in [0, 0.05) is 24.5 Å². The number of amides is 2. The maximum Gasteiger partial charge on any atom is 0.272 e. The van der Waals surface area contributed by atoms with Crippen molar-refractivity contribution in [3.05, 3.63) is 42.1 Å². The summed E-state index contributed by atoms with van der Waals surface area (Å²) in [5, 5.41) is 2.28.